The van der Waals surface area contributed by atoms with Crippen molar-refractivity contribution in [3.8, 4) is 0 Å². The van der Waals surface area contributed by atoms with E-state index in [1.807, 2.05) is 4.90 Å². The minimum Gasteiger partial charge on any atom is -0.378 e. The van der Waals surface area contributed by atoms with Crippen LogP contribution in [0.2, 0.25) is 0 Å². The second-order valence-corrected chi connectivity index (χ2v) is 6.85. The molecule has 138 valence electrons. The van der Waals surface area contributed by atoms with Crippen LogP contribution < -0.4 is 16.0 Å². The SMILES string of the molecule is CC1CC(C)CN(c2nc(Nc3cccc(F)c3)nc(N)c2[N+](=O)[O-])C1. The van der Waals surface area contributed by atoms with Gasteiger partial charge in [-0.25, -0.2) is 4.39 Å². The number of benzene rings is 1. The summed E-state index contributed by atoms with van der Waals surface area (Å²) in [5.41, 5.74) is 5.99. The first kappa shape index (κ1) is 17.8. The van der Waals surface area contributed by atoms with Crippen LogP contribution in [0.25, 0.3) is 0 Å². The van der Waals surface area contributed by atoms with Crippen LogP contribution in [0.4, 0.5) is 33.3 Å². The summed E-state index contributed by atoms with van der Waals surface area (Å²) >= 11 is 0. The molecule has 2 aromatic rings. The van der Waals surface area contributed by atoms with Gasteiger partial charge in [0.1, 0.15) is 5.82 Å². The monoisotopic (exact) mass is 360 g/mol. The molecular weight excluding hydrogens is 339 g/mol. The Morgan fingerprint density at radius 3 is 2.62 bits per heavy atom. The molecule has 1 aliphatic rings. The molecule has 1 fully saturated rings. The molecule has 2 atom stereocenters. The normalized spacial score (nSPS) is 20.0. The number of nitrogen functional groups attached to an aromatic ring is 1. The first-order valence-corrected chi connectivity index (χ1v) is 8.43. The summed E-state index contributed by atoms with van der Waals surface area (Å²) in [6, 6.07) is 5.79. The number of aromatic nitrogens is 2. The fourth-order valence-electron chi connectivity index (χ4n) is 3.44. The van der Waals surface area contributed by atoms with E-state index in [1.165, 1.54) is 12.1 Å². The molecule has 1 saturated heterocycles. The van der Waals surface area contributed by atoms with Gasteiger partial charge in [0.25, 0.3) is 0 Å². The number of anilines is 4. The van der Waals surface area contributed by atoms with Gasteiger partial charge >= 0.3 is 5.69 Å². The Balaban J connectivity index is 2.00. The van der Waals surface area contributed by atoms with Crippen LogP contribution in [-0.2, 0) is 0 Å². The van der Waals surface area contributed by atoms with Crippen LogP contribution in [0.3, 0.4) is 0 Å². The van der Waals surface area contributed by atoms with Crippen molar-refractivity contribution in [2.45, 2.75) is 20.3 Å². The van der Waals surface area contributed by atoms with Crippen molar-refractivity contribution < 1.29 is 9.31 Å². The molecule has 26 heavy (non-hydrogen) atoms. The number of halogens is 1. The molecule has 0 amide bonds. The molecule has 2 heterocycles. The zero-order valence-corrected chi connectivity index (χ0v) is 14.6. The summed E-state index contributed by atoms with van der Waals surface area (Å²) in [5.74, 6) is 0.427. The van der Waals surface area contributed by atoms with Gasteiger partial charge in [-0.2, -0.15) is 9.97 Å². The lowest BCUT2D eigenvalue weighted by molar-refractivity contribution is -0.383. The Hall–Kier alpha value is -2.97. The Bertz CT molecular complexity index is 821. The lowest BCUT2D eigenvalue weighted by atomic mass is 9.92. The third-order valence-corrected chi connectivity index (χ3v) is 4.32. The Labute approximate surface area is 150 Å². The van der Waals surface area contributed by atoms with E-state index in [0.717, 1.165) is 6.42 Å². The van der Waals surface area contributed by atoms with Crippen LogP contribution in [0.15, 0.2) is 24.3 Å². The van der Waals surface area contributed by atoms with Gasteiger partial charge in [0.15, 0.2) is 0 Å². The molecule has 1 aromatic heterocycles. The maximum Gasteiger partial charge on any atom is 0.353 e. The quantitative estimate of drug-likeness (QED) is 0.635. The van der Waals surface area contributed by atoms with E-state index in [9.17, 15) is 14.5 Å². The van der Waals surface area contributed by atoms with Crippen molar-refractivity contribution in [1.29, 1.82) is 0 Å². The molecule has 2 unspecified atom stereocenters. The highest BCUT2D eigenvalue weighted by Gasteiger charge is 2.31. The van der Waals surface area contributed by atoms with Crippen molar-refractivity contribution in [3.05, 3.63) is 40.2 Å². The zero-order valence-electron chi connectivity index (χ0n) is 14.6. The standard InChI is InChI=1S/C17H21FN6O2/c1-10-6-11(2)9-23(8-10)16-14(24(25)26)15(19)21-17(22-16)20-13-5-3-4-12(18)7-13/h3-5,7,10-11H,6,8-9H2,1-2H3,(H3,19,20,21,22). The Kier molecular flexibility index (Phi) is 4.88. The average molecular weight is 360 g/mol. The molecule has 1 aliphatic heterocycles. The minimum atomic E-state index is -0.555. The molecule has 0 saturated carbocycles. The summed E-state index contributed by atoms with van der Waals surface area (Å²) in [6.45, 7) is 5.51. The summed E-state index contributed by atoms with van der Waals surface area (Å²) in [5, 5.41) is 14.4. The highest BCUT2D eigenvalue weighted by molar-refractivity contribution is 5.72. The molecule has 1 aromatic carbocycles. The largest absolute Gasteiger partial charge is 0.378 e. The molecule has 3 N–H and O–H groups in total. The van der Waals surface area contributed by atoms with E-state index in [4.69, 9.17) is 5.73 Å². The number of piperidine rings is 1. The van der Waals surface area contributed by atoms with Crippen molar-refractivity contribution in [2.75, 3.05) is 29.0 Å². The molecule has 8 nitrogen and oxygen atoms in total. The lowest BCUT2D eigenvalue weighted by Crippen LogP contribution is -2.39. The van der Waals surface area contributed by atoms with Crippen LogP contribution in [-0.4, -0.2) is 28.0 Å². The van der Waals surface area contributed by atoms with Gasteiger partial charge in [-0.1, -0.05) is 19.9 Å². The maximum absolute atomic E-state index is 13.4. The summed E-state index contributed by atoms with van der Waals surface area (Å²) in [6.07, 6.45) is 1.05. The molecule has 0 bridgehead atoms. The van der Waals surface area contributed by atoms with Gasteiger partial charge in [-0.3, -0.25) is 10.1 Å². The van der Waals surface area contributed by atoms with Crippen LogP contribution >= 0.6 is 0 Å². The highest BCUT2D eigenvalue weighted by Crippen LogP contribution is 2.35. The van der Waals surface area contributed by atoms with E-state index in [0.29, 0.717) is 30.6 Å². The van der Waals surface area contributed by atoms with Crippen molar-refractivity contribution >= 4 is 29.0 Å². The number of nitrogens with zero attached hydrogens (tertiary/aromatic N) is 4. The number of nitro groups is 1. The van der Waals surface area contributed by atoms with Crippen LogP contribution in [0.5, 0.6) is 0 Å². The number of rotatable bonds is 4. The van der Waals surface area contributed by atoms with Crippen molar-refractivity contribution in [1.82, 2.24) is 9.97 Å². The predicted molar refractivity (Wildman–Crippen MR) is 97.9 cm³/mol. The van der Waals surface area contributed by atoms with E-state index in [-0.39, 0.29) is 23.3 Å². The topological polar surface area (TPSA) is 110 Å². The second-order valence-electron chi connectivity index (χ2n) is 6.85. The van der Waals surface area contributed by atoms with E-state index >= 15 is 0 Å². The van der Waals surface area contributed by atoms with Crippen molar-refractivity contribution in [3.63, 3.8) is 0 Å². The first-order valence-electron chi connectivity index (χ1n) is 8.43. The van der Waals surface area contributed by atoms with Crippen LogP contribution in [0.1, 0.15) is 20.3 Å². The van der Waals surface area contributed by atoms with Gasteiger partial charge < -0.3 is 16.0 Å². The lowest BCUT2D eigenvalue weighted by Gasteiger charge is -2.35. The van der Waals surface area contributed by atoms with E-state index in [1.54, 1.807) is 12.1 Å². The third-order valence-electron chi connectivity index (χ3n) is 4.32. The fourth-order valence-corrected chi connectivity index (χ4v) is 3.44. The summed E-state index contributed by atoms with van der Waals surface area (Å²) in [4.78, 5) is 21.1. The molecular formula is C17H21FN6O2. The van der Waals surface area contributed by atoms with E-state index < -0.39 is 10.7 Å². The maximum atomic E-state index is 13.4. The Morgan fingerprint density at radius 1 is 1.31 bits per heavy atom. The minimum absolute atomic E-state index is 0.0968. The molecule has 0 aliphatic carbocycles. The molecule has 9 heteroatoms. The highest BCUT2D eigenvalue weighted by atomic mass is 19.1. The first-order chi connectivity index (χ1) is 12.3. The number of hydrogen-bond donors (Lipinski definition) is 2. The smallest absolute Gasteiger partial charge is 0.353 e. The van der Waals surface area contributed by atoms with Gasteiger partial charge in [-0.15, -0.1) is 0 Å². The van der Waals surface area contributed by atoms with Gasteiger partial charge in [0.05, 0.1) is 4.92 Å². The van der Waals surface area contributed by atoms with Gasteiger partial charge in [-0.05, 0) is 36.5 Å². The van der Waals surface area contributed by atoms with Gasteiger partial charge in [0, 0.05) is 18.8 Å². The number of nitrogens with one attached hydrogen (secondary N) is 1. The van der Waals surface area contributed by atoms with Crippen molar-refractivity contribution in [2.24, 2.45) is 11.8 Å². The predicted octanol–water partition coefficient (Wildman–Crippen LogP) is 3.33. The Morgan fingerprint density at radius 2 is 2.00 bits per heavy atom. The molecule has 0 radical (unpaired) electrons. The second kappa shape index (κ2) is 7.11. The molecule has 0 spiro atoms. The summed E-state index contributed by atoms with van der Waals surface area (Å²) < 4.78 is 13.4. The summed E-state index contributed by atoms with van der Waals surface area (Å²) in [7, 11) is 0. The number of hydrogen-bond acceptors (Lipinski definition) is 7. The van der Waals surface area contributed by atoms with Crippen LogP contribution in [0, 0.1) is 27.8 Å². The fraction of sp³-hybridized carbons (Fsp3) is 0.412. The zero-order chi connectivity index (χ0) is 18.8. The third kappa shape index (κ3) is 3.81. The van der Waals surface area contributed by atoms with Gasteiger partial charge in [0.2, 0.25) is 17.6 Å². The average Bonchev–Trinajstić information content (AvgIpc) is 2.53. The number of nitrogens with two attached hydrogens (primary N) is 1. The van der Waals surface area contributed by atoms with E-state index in [2.05, 4.69) is 29.1 Å². The molecule has 3 rings (SSSR count).